The van der Waals surface area contributed by atoms with Gasteiger partial charge in [0.25, 0.3) is 11.1 Å². The highest BCUT2D eigenvalue weighted by Crippen LogP contribution is 2.30. The van der Waals surface area contributed by atoms with Crippen molar-refractivity contribution in [3.63, 3.8) is 0 Å². The lowest BCUT2D eigenvalue weighted by Crippen LogP contribution is -2.33. The monoisotopic (exact) mass is 433 g/mol. The van der Waals surface area contributed by atoms with Crippen LogP contribution in [-0.2, 0) is 24.1 Å². The normalized spacial score (nSPS) is 11.3. The molecule has 0 bridgehead atoms. The third-order valence-electron chi connectivity index (χ3n) is 4.36. The van der Waals surface area contributed by atoms with E-state index in [2.05, 4.69) is 15.4 Å². The highest BCUT2D eigenvalue weighted by Gasteiger charge is 2.30. The lowest BCUT2D eigenvalue weighted by atomic mass is 10.1. The molecule has 0 saturated heterocycles. The van der Waals surface area contributed by atoms with Gasteiger partial charge in [-0.3, -0.25) is 19.0 Å². The zero-order valence-corrected chi connectivity index (χ0v) is 16.2. The highest BCUT2D eigenvalue weighted by molar-refractivity contribution is 5.75. The second-order valence-corrected chi connectivity index (χ2v) is 6.60. The molecule has 11 heteroatoms. The molecule has 8 nitrogen and oxygen atoms in total. The zero-order chi connectivity index (χ0) is 22.4. The minimum Gasteiger partial charge on any atom is -0.354 e. The van der Waals surface area contributed by atoms with Crippen molar-refractivity contribution >= 4 is 5.91 Å². The molecule has 0 radical (unpaired) electrons. The molecule has 0 saturated carbocycles. The number of amides is 1. The van der Waals surface area contributed by atoms with Crippen molar-refractivity contribution in [2.75, 3.05) is 6.54 Å². The van der Waals surface area contributed by atoms with Gasteiger partial charge in [-0.25, -0.2) is 9.67 Å². The first-order valence-electron chi connectivity index (χ1n) is 9.27. The van der Waals surface area contributed by atoms with Crippen LogP contribution in [0, 0.1) is 0 Å². The molecule has 3 rings (SSSR count). The minimum absolute atomic E-state index is 0.205. The van der Waals surface area contributed by atoms with Crippen molar-refractivity contribution in [3.8, 4) is 11.3 Å². The quantitative estimate of drug-likeness (QED) is 0.572. The zero-order valence-electron chi connectivity index (χ0n) is 16.2. The van der Waals surface area contributed by atoms with Crippen LogP contribution in [-0.4, -0.2) is 31.8 Å². The average Bonchev–Trinajstić information content (AvgIpc) is 2.73. The molecule has 0 aliphatic carbocycles. The van der Waals surface area contributed by atoms with Crippen LogP contribution in [0.25, 0.3) is 11.3 Å². The number of nitrogens with zero attached hydrogens (tertiary/aromatic N) is 4. The summed E-state index contributed by atoms with van der Waals surface area (Å²) < 4.78 is 40.3. The first-order chi connectivity index (χ1) is 14.7. The van der Waals surface area contributed by atoms with Gasteiger partial charge in [0.05, 0.1) is 17.6 Å². The summed E-state index contributed by atoms with van der Waals surface area (Å²) in [5, 5.41) is 6.54. The first kappa shape index (κ1) is 21.9. The largest absolute Gasteiger partial charge is 0.416 e. The molecule has 0 aliphatic rings. The molecular weight excluding hydrogens is 415 g/mol. The van der Waals surface area contributed by atoms with Crippen LogP contribution in [0.3, 0.4) is 0 Å². The fourth-order valence-corrected chi connectivity index (χ4v) is 2.75. The number of aryl methyl sites for hydroxylation is 1. The van der Waals surface area contributed by atoms with Crippen LogP contribution < -0.4 is 16.4 Å². The fourth-order valence-electron chi connectivity index (χ4n) is 2.75. The van der Waals surface area contributed by atoms with Gasteiger partial charge in [-0.2, -0.15) is 18.3 Å². The lowest BCUT2D eigenvalue weighted by molar-refractivity contribution is -0.137. The van der Waals surface area contributed by atoms with E-state index in [9.17, 15) is 27.6 Å². The van der Waals surface area contributed by atoms with Crippen LogP contribution in [0.4, 0.5) is 13.2 Å². The summed E-state index contributed by atoms with van der Waals surface area (Å²) in [6.07, 6.45) is -1.31. The molecule has 2 heterocycles. The molecule has 3 aromatic rings. The van der Waals surface area contributed by atoms with Crippen molar-refractivity contribution in [3.05, 3.63) is 81.3 Å². The van der Waals surface area contributed by atoms with Crippen molar-refractivity contribution in [1.29, 1.82) is 0 Å². The summed E-state index contributed by atoms with van der Waals surface area (Å²) in [4.78, 5) is 39.9. The van der Waals surface area contributed by atoms with Crippen LogP contribution in [0.2, 0.25) is 0 Å². The topological polar surface area (TPSA) is 98.9 Å². The molecule has 1 N–H and O–H groups in total. The van der Waals surface area contributed by atoms with Crippen molar-refractivity contribution in [1.82, 2.24) is 24.6 Å². The molecule has 0 fully saturated rings. The summed E-state index contributed by atoms with van der Waals surface area (Å²) >= 11 is 0. The van der Waals surface area contributed by atoms with Crippen molar-refractivity contribution in [2.45, 2.75) is 25.7 Å². The van der Waals surface area contributed by atoms with Gasteiger partial charge >= 0.3 is 6.18 Å². The second-order valence-electron chi connectivity index (χ2n) is 6.60. The Labute approximate surface area is 174 Å². The molecule has 0 atom stereocenters. The minimum atomic E-state index is -4.45. The SMILES string of the molecule is O=C(Cn1cnc(-c2ccc(C(F)(F)F)cc2)cc1=O)NCCCn1ncccc1=O. The van der Waals surface area contributed by atoms with Crippen molar-refractivity contribution < 1.29 is 18.0 Å². The van der Waals surface area contributed by atoms with Gasteiger partial charge in [-0.1, -0.05) is 12.1 Å². The van der Waals surface area contributed by atoms with Gasteiger partial charge < -0.3 is 5.32 Å². The Hall–Kier alpha value is -3.76. The van der Waals surface area contributed by atoms with E-state index in [0.29, 0.717) is 18.5 Å². The van der Waals surface area contributed by atoms with Crippen LogP contribution >= 0.6 is 0 Å². The number of benzene rings is 1. The molecule has 1 amide bonds. The van der Waals surface area contributed by atoms with E-state index >= 15 is 0 Å². The van der Waals surface area contributed by atoms with E-state index in [1.807, 2.05) is 0 Å². The summed E-state index contributed by atoms with van der Waals surface area (Å²) in [7, 11) is 0. The Bertz CT molecular complexity index is 1170. The third-order valence-corrected chi connectivity index (χ3v) is 4.36. The van der Waals surface area contributed by atoms with E-state index < -0.39 is 23.2 Å². The molecule has 0 aliphatic heterocycles. The second kappa shape index (κ2) is 9.37. The Balaban J connectivity index is 1.55. The first-order valence-corrected chi connectivity index (χ1v) is 9.27. The van der Waals surface area contributed by atoms with Gasteiger partial charge in [0.2, 0.25) is 5.91 Å². The number of hydrogen-bond donors (Lipinski definition) is 1. The van der Waals surface area contributed by atoms with Gasteiger partial charge in [0.15, 0.2) is 0 Å². The van der Waals surface area contributed by atoms with Crippen molar-refractivity contribution in [2.24, 2.45) is 0 Å². The predicted molar refractivity (Wildman–Crippen MR) is 105 cm³/mol. The maximum atomic E-state index is 12.7. The Kier molecular flexibility index (Phi) is 6.63. The fraction of sp³-hybridized carbons (Fsp3) is 0.250. The number of hydrogen-bond acceptors (Lipinski definition) is 5. The Morgan fingerprint density at radius 1 is 1.06 bits per heavy atom. The van der Waals surface area contributed by atoms with Crippen LogP contribution in [0.5, 0.6) is 0 Å². The highest BCUT2D eigenvalue weighted by atomic mass is 19.4. The number of rotatable bonds is 7. The third kappa shape index (κ3) is 5.87. The van der Waals surface area contributed by atoms with Crippen LogP contribution in [0.15, 0.2) is 64.6 Å². The van der Waals surface area contributed by atoms with Gasteiger partial charge in [0, 0.05) is 37.0 Å². The van der Waals surface area contributed by atoms with Gasteiger partial charge in [-0.05, 0) is 24.6 Å². The maximum Gasteiger partial charge on any atom is 0.416 e. The Morgan fingerprint density at radius 3 is 2.45 bits per heavy atom. The van der Waals surface area contributed by atoms with E-state index in [-0.39, 0.29) is 24.3 Å². The standard InChI is InChI=1S/C20H18F3N5O3/c21-20(22,23)15-6-4-14(5-7-15)16-11-19(31)27(13-25-16)12-17(29)24-8-2-10-28-18(30)3-1-9-26-28/h1,3-7,9,11,13H,2,8,10,12H2,(H,24,29). The van der Waals surface area contributed by atoms with Gasteiger partial charge in [0.1, 0.15) is 6.54 Å². The smallest absolute Gasteiger partial charge is 0.354 e. The summed E-state index contributed by atoms with van der Waals surface area (Å²) in [6, 6.07) is 8.37. The number of halogens is 3. The van der Waals surface area contributed by atoms with E-state index in [1.54, 1.807) is 0 Å². The summed E-state index contributed by atoms with van der Waals surface area (Å²) in [6.45, 7) is 0.361. The number of alkyl halides is 3. The maximum absolute atomic E-state index is 12.7. The molecule has 162 valence electrons. The summed E-state index contributed by atoms with van der Waals surface area (Å²) in [5.41, 5.74) is -0.989. The van der Waals surface area contributed by atoms with Gasteiger partial charge in [-0.15, -0.1) is 0 Å². The Morgan fingerprint density at radius 2 is 1.81 bits per heavy atom. The van der Waals surface area contributed by atoms with E-state index in [1.165, 1.54) is 41.5 Å². The number of carbonyl (C=O) groups is 1. The molecule has 0 spiro atoms. The van der Waals surface area contributed by atoms with Crippen LogP contribution in [0.1, 0.15) is 12.0 Å². The predicted octanol–water partition coefficient (Wildman–Crippen LogP) is 1.69. The number of nitrogens with one attached hydrogen (secondary N) is 1. The lowest BCUT2D eigenvalue weighted by Gasteiger charge is -2.09. The molecule has 0 unspecified atom stereocenters. The average molecular weight is 433 g/mol. The van der Waals surface area contributed by atoms with E-state index in [0.717, 1.165) is 22.8 Å². The molecule has 31 heavy (non-hydrogen) atoms. The number of carbonyl (C=O) groups excluding carboxylic acids is 1. The molecule has 1 aromatic carbocycles. The number of aromatic nitrogens is 4. The van der Waals surface area contributed by atoms with E-state index in [4.69, 9.17) is 0 Å². The molecule has 2 aromatic heterocycles. The molecular formula is C20H18F3N5O3. The summed E-state index contributed by atoms with van der Waals surface area (Å²) in [5.74, 6) is -0.417.